The number of para-hydroxylation sites is 1. The van der Waals surface area contributed by atoms with E-state index in [0.29, 0.717) is 12.1 Å². The molecule has 0 radical (unpaired) electrons. The van der Waals surface area contributed by atoms with E-state index in [2.05, 4.69) is 20.8 Å². The second kappa shape index (κ2) is 6.70. The van der Waals surface area contributed by atoms with Crippen molar-refractivity contribution in [2.75, 3.05) is 11.9 Å². The van der Waals surface area contributed by atoms with Crippen LogP contribution in [0.3, 0.4) is 0 Å². The Kier molecular flexibility index (Phi) is 4.70. The van der Waals surface area contributed by atoms with Crippen LogP contribution in [0.4, 0.5) is 5.69 Å². The normalized spacial score (nSPS) is 10.3. The van der Waals surface area contributed by atoms with Gasteiger partial charge >= 0.3 is 0 Å². The second-order valence-electron chi connectivity index (χ2n) is 4.29. The molecule has 1 amide bonds. The lowest BCUT2D eigenvalue weighted by Crippen LogP contribution is -2.25. The Hall–Kier alpha value is -2.37. The summed E-state index contributed by atoms with van der Waals surface area (Å²) >= 11 is 0. The Morgan fingerprint density at radius 3 is 2.85 bits per heavy atom. The third-order valence-corrected chi connectivity index (χ3v) is 2.98. The molecule has 2 N–H and O–H groups in total. The number of carbonyl (C=O) groups excluding carboxylic acids is 1. The molecule has 0 fully saturated rings. The number of carbonyl (C=O) groups is 1. The number of hydrogen-bond acceptors (Lipinski definition) is 4. The van der Waals surface area contributed by atoms with Crippen molar-refractivity contribution in [1.82, 2.24) is 20.1 Å². The zero-order chi connectivity index (χ0) is 14.4. The summed E-state index contributed by atoms with van der Waals surface area (Å²) in [5.41, 5.74) is 1.47. The van der Waals surface area contributed by atoms with Crippen LogP contribution in [0.5, 0.6) is 0 Å². The van der Waals surface area contributed by atoms with E-state index in [1.165, 1.54) is 0 Å². The van der Waals surface area contributed by atoms with Crippen molar-refractivity contribution in [1.29, 1.82) is 0 Å². The van der Waals surface area contributed by atoms with Crippen molar-refractivity contribution in [3.8, 4) is 0 Å². The van der Waals surface area contributed by atoms with Crippen LogP contribution in [0.2, 0.25) is 0 Å². The molecular formula is C14H19N5O. The average Bonchev–Trinajstić information content (AvgIpc) is 2.93. The van der Waals surface area contributed by atoms with E-state index < -0.39 is 0 Å². The average molecular weight is 273 g/mol. The minimum Gasteiger partial charge on any atom is -0.385 e. The highest BCUT2D eigenvalue weighted by atomic mass is 16.1. The maximum absolute atomic E-state index is 12.2. The van der Waals surface area contributed by atoms with E-state index in [-0.39, 0.29) is 5.91 Å². The Bertz CT molecular complexity index is 578. The first-order valence-corrected chi connectivity index (χ1v) is 6.74. The van der Waals surface area contributed by atoms with Crippen LogP contribution in [-0.4, -0.2) is 27.2 Å². The summed E-state index contributed by atoms with van der Waals surface area (Å²) in [4.78, 5) is 12.2. The maximum atomic E-state index is 12.2. The molecule has 0 spiro atoms. The molecule has 0 aliphatic heterocycles. The fourth-order valence-electron chi connectivity index (χ4n) is 1.96. The molecule has 1 aromatic heterocycles. The van der Waals surface area contributed by atoms with E-state index >= 15 is 0 Å². The van der Waals surface area contributed by atoms with Gasteiger partial charge in [0.1, 0.15) is 6.33 Å². The molecule has 0 aliphatic rings. The minimum atomic E-state index is -0.118. The zero-order valence-electron chi connectivity index (χ0n) is 11.8. The van der Waals surface area contributed by atoms with Gasteiger partial charge in [-0.15, -0.1) is 10.2 Å². The number of anilines is 1. The van der Waals surface area contributed by atoms with Gasteiger partial charge in [0.25, 0.3) is 5.91 Å². The van der Waals surface area contributed by atoms with Gasteiger partial charge in [0, 0.05) is 18.8 Å². The van der Waals surface area contributed by atoms with Crippen LogP contribution in [-0.2, 0) is 13.1 Å². The molecule has 0 saturated heterocycles. The number of aromatic nitrogens is 3. The van der Waals surface area contributed by atoms with Gasteiger partial charge in [-0.3, -0.25) is 4.79 Å². The van der Waals surface area contributed by atoms with Crippen molar-refractivity contribution in [2.24, 2.45) is 0 Å². The summed E-state index contributed by atoms with van der Waals surface area (Å²) in [5.74, 6) is 0.633. The van der Waals surface area contributed by atoms with Crippen LogP contribution in [0.1, 0.15) is 30.0 Å². The van der Waals surface area contributed by atoms with Crippen LogP contribution in [0, 0.1) is 0 Å². The summed E-state index contributed by atoms with van der Waals surface area (Å²) in [5, 5.41) is 13.9. The van der Waals surface area contributed by atoms with Crippen LogP contribution < -0.4 is 10.6 Å². The summed E-state index contributed by atoms with van der Waals surface area (Å²) in [6.07, 6.45) is 1.66. The monoisotopic (exact) mass is 273 g/mol. The quantitative estimate of drug-likeness (QED) is 0.839. The van der Waals surface area contributed by atoms with Crippen LogP contribution in [0.15, 0.2) is 30.6 Å². The van der Waals surface area contributed by atoms with Gasteiger partial charge in [0.05, 0.1) is 12.1 Å². The largest absolute Gasteiger partial charge is 0.385 e. The Balaban J connectivity index is 2.05. The predicted octanol–water partition coefficient (Wildman–Crippen LogP) is 1.66. The number of nitrogens with zero attached hydrogens (tertiary/aromatic N) is 3. The molecule has 0 unspecified atom stereocenters. The lowest BCUT2D eigenvalue weighted by molar-refractivity contribution is 0.0950. The first-order valence-electron chi connectivity index (χ1n) is 6.74. The molecule has 6 nitrogen and oxygen atoms in total. The van der Waals surface area contributed by atoms with Gasteiger partial charge in [0.2, 0.25) is 0 Å². The Morgan fingerprint density at radius 2 is 2.10 bits per heavy atom. The molecule has 1 aromatic carbocycles. The topological polar surface area (TPSA) is 71.8 Å². The third kappa shape index (κ3) is 3.14. The van der Waals surface area contributed by atoms with Crippen molar-refractivity contribution in [2.45, 2.75) is 26.9 Å². The highest BCUT2D eigenvalue weighted by Gasteiger charge is 2.11. The maximum Gasteiger partial charge on any atom is 0.253 e. The lowest BCUT2D eigenvalue weighted by atomic mass is 10.1. The van der Waals surface area contributed by atoms with Crippen LogP contribution >= 0.6 is 0 Å². The molecule has 6 heteroatoms. The summed E-state index contributed by atoms with van der Waals surface area (Å²) in [6, 6.07) is 7.46. The van der Waals surface area contributed by atoms with Gasteiger partial charge in [0.15, 0.2) is 5.82 Å². The number of amides is 1. The highest BCUT2D eigenvalue weighted by molar-refractivity contribution is 5.99. The molecular weight excluding hydrogens is 254 g/mol. The van der Waals surface area contributed by atoms with Gasteiger partial charge in [-0.1, -0.05) is 12.1 Å². The van der Waals surface area contributed by atoms with Gasteiger partial charge in [-0.2, -0.15) is 0 Å². The standard InChI is InChI=1S/C14H19N5O/c1-3-15-12-8-6-5-7-11(12)14(20)16-9-13-18-17-10-19(13)4-2/h5-8,10,15H,3-4,9H2,1-2H3,(H,16,20). The van der Waals surface area contributed by atoms with Gasteiger partial charge in [-0.25, -0.2) is 0 Å². The molecule has 106 valence electrons. The molecule has 0 saturated carbocycles. The summed E-state index contributed by atoms with van der Waals surface area (Å²) < 4.78 is 1.90. The highest BCUT2D eigenvalue weighted by Crippen LogP contribution is 2.14. The summed E-state index contributed by atoms with van der Waals surface area (Å²) in [6.45, 7) is 5.93. The number of aryl methyl sites for hydroxylation is 1. The van der Waals surface area contributed by atoms with E-state index in [4.69, 9.17) is 0 Å². The fraction of sp³-hybridized carbons (Fsp3) is 0.357. The Labute approximate surface area is 118 Å². The molecule has 0 bridgehead atoms. The van der Waals surface area contributed by atoms with E-state index in [9.17, 15) is 4.79 Å². The molecule has 0 atom stereocenters. The SMILES string of the molecule is CCNc1ccccc1C(=O)NCc1nncn1CC. The number of rotatable bonds is 6. The molecule has 2 rings (SSSR count). The Morgan fingerprint density at radius 1 is 1.30 bits per heavy atom. The van der Waals surface area contributed by atoms with E-state index in [0.717, 1.165) is 24.6 Å². The molecule has 1 heterocycles. The number of benzene rings is 1. The lowest BCUT2D eigenvalue weighted by Gasteiger charge is -2.11. The van der Waals surface area contributed by atoms with E-state index in [1.54, 1.807) is 12.4 Å². The van der Waals surface area contributed by atoms with Crippen molar-refractivity contribution >= 4 is 11.6 Å². The molecule has 2 aromatic rings. The van der Waals surface area contributed by atoms with Crippen molar-refractivity contribution in [3.63, 3.8) is 0 Å². The molecule has 0 aliphatic carbocycles. The number of nitrogens with one attached hydrogen (secondary N) is 2. The van der Waals surface area contributed by atoms with E-state index in [1.807, 2.05) is 36.6 Å². The van der Waals surface area contributed by atoms with Crippen molar-refractivity contribution in [3.05, 3.63) is 42.0 Å². The van der Waals surface area contributed by atoms with Crippen LogP contribution in [0.25, 0.3) is 0 Å². The first kappa shape index (κ1) is 14.0. The van der Waals surface area contributed by atoms with Gasteiger partial charge < -0.3 is 15.2 Å². The predicted molar refractivity (Wildman–Crippen MR) is 77.5 cm³/mol. The second-order valence-corrected chi connectivity index (χ2v) is 4.29. The minimum absolute atomic E-state index is 0.118. The summed E-state index contributed by atoms with van der Waals surface area (Å²) in [7, 11) is 0. The number of hydrogen-bond donors (Lipinski definition) is 2. The zero-order valence-corrected chi connectivity index (χ0v) is 11.8. The third-order valence-electron chi connectivity index (χ3n) is 2.98. The first-order chi connectivity index (χ1) is 9.76. The smallest absolute Gasteiger partial charge is 0.253 e. The van der Waals surface area contributed by atoms with Crippen molar-refractivity contribution < 1.29 is 4.79 Å². The fourth-order valence-corrected chi connectivity index (χ4v) is 1.96. The van der Waals surface area contributed by atoms with Gasteiger partial charge in [-0.05, 0) is 26.0 Å². The molecule has 20 heavy (non-hydrogen) atoms.